The van der Waals surface area contributed by atoms with E-state index < -0.39 is 5.54 Å². The fraction of sp³-hybridized carbons (Fsp3) is 0.0588. The topological polar surface area (TPSA) is 39.2 Å². The highest BCUT2D eigenvalue weighted by Crippen LogP contribution is 2.34. The largest absolute Gasteiger partial charge is 0.472 e. The zero-order valence-corrected chi connectivity index (χ0v) is 11.7. The van der Waals surface area contributed by atoms with Crippen LogP contribution in [-0.4, -0.2) is 0 Å². The molecular formula is C17H16ClNO. The number of rotatable bonds is 3. The summed E-state index contributed by atoms with van der Waals surface area (Å²) in [5, 5.41) is 0. The Hall–Kier alpha value is -2.03. The van der Waals surface area contributed by atoms with Gasteiger partial charge in [0.25, 0.3) is 0 Å². The lowest BCUT2D eigenvalue weighted by molar-refractivity contribution is 0.551. The van der Waals surface area contributed by atoms with Crippen molar-refractivity contribution in [3.63, 3.8) is 0 Å². The Labute approximate surface area is 124 Å². The lowest BCUT2D eigenvalue weighted by atomic mass is 9.79. The zero-order chi connectivity index (χ0) is 13.1. The Kier molecular flexibility index (Phi) is 4.28. The molecule has 3 aromatic rings. The number of hydrogen-bond donors (Lipinski definition) is 1. The molecule has 0 amide bonds. The first-order chi connectivity index (χ1) is 9.32. The first-order valence-electron chi connectivity index (χ1n) is 6.24. The van der Waals surface area contributed by atoms with Gasteiger partial charge in [-0.05, 0) is 17.2 Å². The van der Waals surface area contributed by atoms with Crippen molar-refractivity contribution >= 4 is 12.4 Å². The maximum absolute atomic E-state index is 6.75. The van der Waals surface area contributed by atoms with Crippen molar-refractivity contribution in [2.45, 2.75) is 5.54 Å². The van der Waals surface area contributed by atoms with E-state index in [-0.39, 0.29) is 12.4 Å². The van der Waals surface area contributed by atoms with Crippen molar-refractivity contribution in [1.29, 1.82) is 0 Å². The van der Waals surface area contributed by atoms with Crippen molar-refractivity contribution in [3.05, 3.63) is 95.9 Å². The molecule has 0 aliphatic rings. The van der Waals surface area contributed by atoms with E-state index in [0.29, 0.717) is 0 Å². The molecule has 102 valence electrons. The van der Waals surface area contributed by atoms with Crippen LogP contribution in [0.15, 0.2) is 83.7 Å². The molecule has 0 unspecified atom stereocenters. The summed E-state index contributed by atoms with van der Waals surface area (Å²) in [6, 6.07) is 22.1. The minimum absolute atomic E-state index is 0. The van der Waals surface area contributed by atoms with Crippen LogP contribution in [0, 0.1) is 0 Å². The molecule has 0 fully saturated rings. The monoisotopic (exact) mass is 285 g/mol. The van der Waals surface area contributed by atoms with Crippen LogP contribution in [0.4, 0.5) is 0 Å². The molecule has 2 nitrogen and oxygen atoms in total. The maximum atomic E-state index is 6.75. The van der Waals surface area contributed by atoms with Gasteiger partial charge in [-0.2, -0.15) is 0 Å². The van der Waals surface area contributed by atoms with Crippen LogP contribution in [0.3, 0.4) is 0 Å². The fourth-order valence-electron chi connectivity index (χ4n) is 2.39. The molecule has 3 heteroatoms. The van der Waals surface area contributed by atoms with Gasteiger partial charge in [0.2, 0.25) is 0 Å². The molecule has 0 saturated carbocycles. The van der Waals surface area contributed by atoms with E-state index >= 15 is 0 Å². The average Bonchev–Trinajstić information content (AvgIpc) is 3.03. The van der Waals surface area contributed by atoms with E-state index in [1.165, 1.54) is 0 Å². The minimum Gasteiger partial charge on any atom is -0.472 e. The van der Waals surface area contributed by atoms with Gasteiger partial charge in [-0.15, -0.1) is 12.4 Å². The van der Waals surface area contributed by atoms with Crippen LogP contribution >= 0.6 is 12.4 Å². The van der Waals surface area contributed by atoms with E-state index in [0.717, 1.165) is 16.7 Å². The summed E-state index contributed by atoms with van der Waals surface area (Å²) in [5.74, 6) is 0. The summed E-state index contributed by atoms with van der Waals surface area (Å²) in [6.07, 6.45) is 3.36. The standard InChI is InChI=1S/C17H15NO.ClH/c18-17(16-11-12-19-13-16,14-7-3-1-4-8-14)15-9-5-2-6-10-15;/h1-13H,18H2;1H. The molecule has 1 aromatic heterocycles. The summed E-state index contributed by atoms with van der Waals surface area (Å²) in [4.78, 5) is 0. The van der Waals surface area contributed by atoms with Crippen LogP contribution in [0.25, 0.3) is 0 Å². The molecule has 20 heavy (non-hydrogen) atoms. The number of benzene rings is 2. The number of halogens is 1. The molecule has 1 heterocycles. The van der Waals surface area contributed by atoms with Crippen molar-refractivity contribution in [2.75, 3.05) is 0 Å². The molecule has 0 atom stereocenters. The van der Waals surface area contributed by atoms with Crippen molar-refractivity contribution in [2.24, 2.45) is 5.73 Å². The third-order valence-corrected chi connectivity index (χ3v) is 3.43. The van der Waals surface area contributed by atoms with Gasteiger partial charge in [-0.3, -0.25) is 0 Å². The number of nitrogens with two attached hydrogens (primary N) is 1. The van der Waals surface area contributed by atoms with Crippen molar-refractivity contribution < 1.29 is 4.42 Å². The Morgan fingerprint density at radius 1 is 0.700 bits per heavy atom. The van der Waals surface area contributed by atoms with Gasteiger partial charge >= 0.3 is 0 Å². The van der Waals surface area contributed by atoms with E-state index in [9.17, 15) is 0 Å². The van der Waals surface area contributed by atoms with E-state index in [2.05, 4.69) is 0 Å². The van der Waals surface area contributed by atoms with Crippen LogP contribution in [0.1, 0.15) is 16.7 Å². The van der Waals surface area contributed by atoms with Gasteiger partial charge in [0.05, 0.1) is 18.1 Å². The predicted octanol–water partition coefficient (Wildman–Crippen LogP) is 3.95. The lowest BCUT2D eigenvalue weighted by Gasteiger charge is -2.29. The number of hydrogen-bond acceptors (Lipinski definition) is 2. The lowest BCUT2D eigenvalue weighted by Crippen LogP contribution is -2.38. The summed E-state index contributed by atoms with van der Waals surface area (Å²) in [7, 11) is 0. The Balaban J connectivity index is 0.00000147. The molecule has 0 spiro atoms. The van der Waals surface area contributed by atoms with E-state index in [4.69, 9.17) is 10.2 Å². The fourth-order valence-corrected chi connectivity index (χ4v) is 2.39. The Morgan fingerprint density at radius 3 is 1.60 bits per heavy atom. The third kappa shape index (κ3) is 2.36. The molecule has 2 N–H and O–H groups in total. The smallest absolute Gasteiger partial charge is 0.0960 e. The summed E-state index contributed by atoms with van der Waals surface area (Å²) >= 11 is 0. The van der Waals surface area contributed by atoms with Crippen LogP contribution in [0.2, 0.25) is 0 Å². The first-order valence-corrected chi connectivity index (χ1v) is 6.24. The second kappa shape index (κ2) is 5.95. The molecule has 0 radical (unpaired) electrons. The second-order valence-electron chi connectivity index (χ2n) is 4.55. The third-order valence-electron chi connectivity index (χ3n) is 3.43. The molecule has 0 aliphatic heterocycles. The molecule has 0 saturated heterocycles. The Bertz CT molecular complexity index is 596. The van der Waals surface area contributed by atoms with Gasteiger partial charge in [0, 0.05) is 5.56 Å². The zero-order valence-electron chi connectivity index (χ0n) is 10.9. The summed E-state index contributed by atoms with van der Waals surface area (Å²) in [6.45, 7) is 0. The van der Waals surface area contributed by atoms with E-state index in [1.807, 2.05) is 66.7 Å². The summed E-state index contributed by atoms with van der Waals surface area (Å²) < 4.78 is 5.22. The Morgan fingerprint density at radius 2 is 1.20 bits per heavy atom. The van der Waals surface area contributed by atoms with Gasteiger partial charge in [0.1, 0.15) is 0 Å². The normalized spacial score (nSPS) is 10.8. The van der Waals surface area contributed by atoms with Crippen LogP contribution < -0.4 is 5.73 Å². The highest BCUT2D eigenvalue weighted by Gasteiger charge is 2.32. The predicted molar refractivity (Wildman–Crippen MR) is 82.9 cm³/mol. The van der Waals surface area contributed by atoms with Gasteiger partial charge in [0.15, 0.2) is 0 Å². The summed E-state index contributed by atoms with van der Waals surface area (Å²) in [5.41, 5.74) is 9.10. The molecular weight excluding hydrogens is 270 g/mol. The van der Waals surface area contributed by atoms with Crippen molar-refractivity contribution in [3.8, 4) is 0 Å². The molecule has 2 aromatic carbocycles. The van der Waals surface area contributed by atoms with Crippen LogP contribution in [0.5, 0.6) is 0 Å². The first kappa shape index (κ1) is 14.4. The van der Waals surface area contributed by atoms with Gasteiger partial charge in [-0.1, -0.05) is 60.7 Å². The maximum Gasteiger partial charge on any atom is 0.0960 e. The SMILES string of the molecule is Cl.NC(c1ccccc1)(c1ccccc1)c1ccoc1. The van der Waals surface area contributed by atoms with E-state index in [1.54, 1.807) is 12.5 Å². The highest BCUT2D eigenvalue weighted by molar-refractivity contribution is 5.85. The highest BCUT2D eigenvalue weighted by atomic mass is 35.5. The van der Waals surface area contributed by atoms with Gasteiger partial charge < -0.3 is 10.2 Å². The average molecular weight is 286 g/mol. The number of furan rings is 1. The molecule has 0 bridgehead atoms. The molecule has 3 rings (SSSR count). The van der Waals surface area contributed by atoms with Crippen molar-refractivity contribution in [1.82, 2.24) is 0 Å². The molecule has 0 aliphatic carbocycles. The van der Waals surface area contributed by atoms with Crippen LogP contribution in [-0.2, 0) is 5.54 Å². The van der Waals surface area contributed by atoms with Gasteiger partial charge in [-0.25, -0.2) is 0 Å². The minimum atomic E-state index is -0.685. The quantitative estimate of drug-likeness (QED) is 0.791. The second-order valence-corrected chi connectivity index (χ2v) is 4.55.